The lowest BCUT2D eigenvalue weighted by molar-refractivity contribution is -0.384. The predicted molar refractivity (Wildman–Crippen MR) is 131 cm³/mol. The highest BCUT2D eigenvalue weighted by Crippen LogP contribution is 2.33. The summed E-state index contributed by atoms with van der Waals surface area (Å²) in [5.41, 5.74) is 3.17. The lowest BCUT2D eigenvalue weighted by Gasteiger charge is -2.15. The van der Waals surface area contributed by atoms with Crippen molar-refractivity contribution in [2.45, 2.75) is 19.0 Å². The summed E-state index contributed by atoms with van der Waals surface area (Å²) in [5, 5.41) is 17.7. The summed E-state index contributed by atoms with van der Waals surface area (Å²) >= 11 is 7.40. The molecule has 0 aliphatic carbocycles. The third-order valence-corrected chi connectivity index (χ3v) is 6.22. The van der Waals surface area contributed by atoms with Gasteiger partial charge in [0.15, 0.2) is 5.50 Å². The number of nitrogens with zero attached hydrogens (tertiary/aromatic N) is 1. The zero-order valence-electron chi connectivity index (χ0n) is 17.6. The molecule has 0 aromatic heterocycles. The molecule has 1 fully saturated rings. The summed E-state index contributed by atoms with van der Waals surface area (Å²) in [7, 11) is 0. The van der Waals surface area contributed by atoms with Crippen LogP contribution in [-0.4, -0.2) is 16.3 Å². The number of aryl methyl sites for hydroxylation is 1. The first-order chi connectivity index (χ1) is 15.9. The lowest BCUT2D eigenvalue weighted by Crippen LogP contribution is -2.31. The van der Waals surface area contributed by atoms with E-state index in [1.807, 2.05) is 43.3 Å². The van der Waals surface area contributed by atoms with Gasteiger partial charge in [0, 0.05) is 28.4 Å². The highest BCUT2D eigenvalue weighted by molar-refractivity contribution is 8.05. The van der Waals surface area contributed by atoms with Crippen molar-refractivity contribution in [1.29, 1.82) is 0 Å². The van der Waals surface area contributed by atoms with E-state index >= 15 is 0 Å². The molecule has 9 heteroatoms. The molecule has 4 rings (SSSR count). The monoisotopic (exact) mass is 481 g/mol. The second-order valence-corrected chi connectivity index (χ2v) is 8.92. The van der Waals surface area contributed by atoms with Crippen molar-refractivity contribution in [2.24, 2.45) is 0 Å². The largest absolute Gasteiger partial charge is 0.488 e. The van der Waals surface area contributed by atoms with Crippen LogP contribution in [0.4, 0.5) is 11.4 Å². The molecule has 2 N–H and O–H groups in total. The first kappa shape index (κ1) is 22.7. The number of amides is 1. The van der Waals surface area contributed by atoms with Crippen LogP contribution < -0.4 is 15.4 Å². The van der Waals surface area contributed by atoms with E-state index in [0.717, 1.165) is 22.4 Å². The molecule has 0 saturated carbocycles. The fourth-order valence-electron chi connectivity index (χ4n) is 3.24. The van der Waals surface area contributed by atoms with Crippen molar-refractivity contribution in [3.63, 3.8) is 0 Å². The molecular weight excluding hydrogens is 462 g/mol. The Kier molecular flexibility index (Phi) is 6.86. The number of non-ortho nitro benzene ring substituents is 1. The van der Waals surface area contributed by atoms with Crippen molar-refractivity contribution in [1.82, 2.24) is 5.32 Å². The Morgan fingerprint density at radius 2 is 1.94 bits per heavy atom. The zero-order valence-corrected chi connectivity index (χ0v) is 19.2. The molecule has 168 valence electrons. The van der Waals surface area contributed by atoms with Crippen LogP contribution in [0.25, 0.3) is 6.08 Å². The van der Waals surface area contributed by atoms with E-state index < -0.39 is 4.92 Å². The van der Waals surface area contributed by atoms with Gasteiger partial charge in [-0.3, -0.25) is 14.9 Å². The molecule has 1 saturated heterocycles. The van der Waals surface area contributed by atoms with E-state index in [1.165, 1.54) is 23.9 Å². The quantitative estimate of drug-likeness (QED) is 0.254. The molecule has 1 aliphatic heterocycles. The number of hydrogen-bond donors (Lipinski definition) is 2. The van der Waals surface area contributed by atoms with Gasteiger partial charge in [-0.25, -0.2) is 0 Å². The summed E-state index contributed by atoms with van der Waals surface area (Å²) in [4.78, 5) is 23.5. The van der Waals surface area contributed by atoms with E-state index in [9.17, 15) is 14.9 Å². The molecule has 0 spiro atoms. The molecule has 7 nitrogen and oxygen atoms in total. The number of ether oxygens (including phenoxy) is 1. The van der Waals surface area contributed by atoms with Gasteiger partial charge < -0.3 is 15.4 Å². The maximum atomic E-state index is 12.5. The maximum Gasteiger partial charge on any atom is 0.269 e. The van der Waals surface area contributed by atoms with Crippen LogP contribution in [0.2, 0.25) is 5.02 Å². The highest BCUT2D eigenvalue weighted by Gasteiger charge is 2.27. The second kappa shape index (κ2) is 9.97. The van der Waals surface area contributed by atoms with Crippen molar-refractivity contribution in [2.75, 3.05) is 5.32 Å². The molecule has 1 heterocycles. The Labute approximate surface area is 199 Å². The predicted octanol–water partition coefficient (Wildman–Crippen LogP) is 5.74. The van der Waals surface area contributed by atoms with Gasteiger partial charge in [0.1, 0.15) is 12.4 Å². The van der Waals surface area contributed by atoms with Gasteiger partial charge in [-0.2, -0.15) is 0 Å². The molecule has 1 aliphatic rings. The fraction of sp³-hybridized carbons (Fsp3) is 0.125. The Balaban J connectivity index is 1.45. The summed E-state index contributed by atoms with van der Waals surface area (Å²) < 4.78 is 5.93. The summed E-state index contributed by atoms with van der Waals surface area (Å²) in [6, 6.07) is 19.2. The van der Waals surface area contributed by atoms with Gasteiger partial charge >= 0.3 is 0 Å². The molecular formula is C24H20ClN3O4S. The first-order valence-electron chi connectivity index (χ1n) is 10.1. The van der Waals surface area contributed by atoms with Crippen LogP contribution >= 0.6 is 23.4 Å². The van der Waals surface area contributed by atoms with Crippen molar-refractivity contribution in [3.05, 3.63) is 103 Å². The first-order valence-corrected chi connectivity index (χ1v) is 11.3. The number of anilines is 1. The third kappa shape index (κ3) is 5.66. The Hall–Kier alpha value is -3.49. The maximum absolute atomic E-state index is 12.5. The van der Waals surface area contributed by atoms with Crippen LogP contribution in [0.15, 0.2) is 71.6 Å². The third-order valence-electron chi connectivity index (χ3n) is 4.95. The van der Waals surface area contributed by atoms with Gasteiger partial charge in [0.05, 0.1) is 9.83 Å². The molecule has 3 aromatic carbocycles. The van der Waals surface area contributed by atoms with Gasteiger partial charge in [-0.05, 0) is 60.5 Å². The van der Waals surface area contributed by atoms with Crippen LogP contribution in [0.5, 0.6) is 5.75 Å². The van der Waals surface area contributed by atoms with E-state index in [2.05, 4.69) is 10.6 Å². The second-order valence-electron chi connectivity index (χ2n) is 7.33. The van der Waals surface area contributed by atoms with Gasteiger partial charge in [0.25, 0.3) is 11.6 Å². The number of rotatable bonds is 7. The number of para-hydroxylation sites is 1. The van der Waals surface area contributed by atoms with Gasteiger partial charge in [0.2, 0.25) is 0 Å². The topological polar surface area (TPSA) is 93.5 Å². The fourth-order valence-corrected chi connectivity index (χ4v) is 4.44. The average molecular weight is 482 g/mol. The number of carbonyl (C=O) groups is 1. The van der Waals surface area contributed by atoms with E-state index in [-0.39, 0.29) is 23.7 Å². The molecule has 1 atom stereocenters. The Morgan fingerprint density at radius 1 is 1.18 bits per heavy atom. The minimum absolute atomic E-state index is 0.0325. The summed E-state index contributed by atoms with van der Waals surface area (Å²) in [5.74, 6) is 0.441. The van der Waals surface area contributed by atoms with Crippen LogP contribution in [0, 0.1) is 17.0 Å². The van der Waals surface area contributed by atoms with E-state index in [4.69, 9.17) is 16.3 Å². The minimum atomic E-state index is -0.438. The van der Waals surface area contributed by atoms with Gasteiger partial charge in [-0.1, -0.05) is 41.6 Å². The molecule has 1 unspecified atom stereocenters. The summed E-state index contributed by atoms with van der Waals surface area (Å²) in [6.07, 6.45) is 1.79. The van der Waals surface area contributed by atoms with Crippen molar-refractivity contribution >= 4 is 46.7 Å². The number of thioether (sulfide) groups is 1. The standard InChI is InChI=1S/C24H20ClN3O4S/c1-15-12-18(25)8-11-20(15)26-24-27-23(29)22(33-24)13-17-4-2-3-5-21(17)32-14-16-6-9-19(10-7-16)28(30)31/h2-13,24,26H,14H2,1H3,(H,27,29)/b22-13-. The minimum Gasteiger partial charge on any atom is -0.488 e. The number of benzene rings is 3. The van der Waals surface area contributed by atoms with E-state index in [1.54, 1.807) is 24.3 Å². The lowest BCUT2D eigenvalue weighted by atomic mass is 10.1. The Morgan fingerprint density at radius 3 is 2.67 bits per heavy atom. The molecule has 1 amide bonds. The number of hydrogen-bond acceptors (Lipinski definition) is 6. The van der Waals surface area contributed by atoms with Crippen LogP contribution in [0.1, 0.15) is 16.7 Å². The van der Waals surface area contributed by atoms with Crippen LogP contribution in [0.3, 0.4) is 0 Å². The number of nitro groups is 1. The SMILES string of the molecule is Cc1cc(Cl)ccc1NC1NC(=O)/C(=C/c2ccccc2OCc2ccc([N+](=O)[O-])cc2)S1. The highest BCUT2D eigenvalue weighted by atomic mass is 35.5. The smallest absolute Gasteiger partial charge is 0.269 e. The number of nitro benzene ring substituents is 1. The van der Waals surface area contributed by atoms with Gasteiger partial charge in [-0.15, -0.1) is 0 Å². The molecule has 33 heavy (non-hydrogen) atoms. The molecule has 3 aromatic rings. The summed E-state index contributed by atoms with van der Waals surface area (Å²) in [6.45, 7) is 2.20. The van der Waals surface area contributed by atoms with Crippen molar-refractivity contribution < 1.29 is 14.5 Å². The average Bonchev–Trinajstić information content (AvgIpc) is 3.14. The van der Waals surface area contributed by atoms with E-state index in [0.29, 0.717) is 15.7 Å². The number of nitrogens with one attached hydrogen (secondary N) is 2. The zero-order chi connectivity index (χ0) is 23.4. The number of halogens is 1. The van der Waals surface area contributed by atoms with Crippen molar-refractivity contribution in [3.8, 4) is 5.75 Å². The Bertz CT molecular complexity index is 1230. The van der Waals surface area contributed by atoms with Crippen LogP contribution in [-0.2, 0) is 11.4 Å². The normalized spacial score (nSPS) is 16.5. The number of carbonyl (C=O) groups excluding carboxylic acids is 1. The molecule has 0 bridgehead atoms. The molecule has 0 radical (unpaired) electrons.